The standard InChI is InChI=1S/C26H25N5O/c1-17-8-10-20(11-9-17)22-16-23(27-26(32)24(22)25-28-30-31-29-25)21-14-12-19(13-15-21)18-6-4-2-3-5-7-18/h6,8-16H,2-5,7H2,1H3,(H,27,32)(H,28,29,30,31). The van der Waals surface area contributed by atoms with Gasteiger partial charge < -0.3 is 4.98 Å². The highest BCUT2D eigenvalue weighted by atomic mass is 16.1. The van der Waals surface area contributed by atoms with Gasteiger partial charge in [0, 0.05) is 11.3 Å². The Morgan fingerprint density at radius 3 is 2.38 bits per heavy atom. The SMILES string of the molecule is Cc1ccc(-c2cc(-c3ccc(C4=CCCCCC4)cc3)[nH]c(=O)c2-c2nn[nH]n2)cc1. The van der Waals surface area contributed by atoms with Gasteiger partial charge in [-0.1, -0.05) is 66.6 Å². The van der Waals surface area contributed by atoms with Crippen LogP contribution in [0.4, 0.5) is 0 Å². The van der Waals surface area contributed by atoms with Crippen molar-refractivity contribution in [3.05, 3.63) is 82.2 Å². The third-order valence-corrected chi connectivity index (χ3v) is 6.07. The minimum atomic E-state index is -0.241. The van der Waals surface area contributed by atoms with Crippen molar-refractivity contribution in [2.45, 2.75) is 39.0 Å². The van der Waals surface area contributed by atoms with Crippen molar-refractivity contribution in [1.29, 1.82) is 0 Å². The Hall–Kier alpha value is -3.80. The number of aromatic nitrogens is 5. The number of rotatable bonds is 4. The third-order valence-electron chi connectivity index (χ3n) is 6.07. The Labute approximate surface area is 186 Å². The average molecular weight is 424 g/mol. The Morgan fingerprint density at radius 1 is 0.875 bits per heavy atom. The lowest BCUT2D eigenvalue weighted by Gasteiger charge is -2.11. The number of tetrazole rings is 1. The van der Waals surface area contributed by atoms with E-state index in [0.29, 0.717) is 5.56 Å². The van der Waals surface area contributed by atoms with Gasteiger partial charge in [-0.2, -0.15) is 5.21 Å². The fraction of sp³-hybridized carbons (Fsp3) is 0.231. The van der Waals surface area contributed by atoms with Crippen molar-refractivity contribution >= 4 is 5.57 Å². The molecule has 1 aliphatic rings. The molecule has 6 heteroatoms. The lowest BCUT2D eigenvalue weighted by atomic mass is 9.96. The number of H-pyrrole nitrogens is 2. The van der Waals surface area contributed by atoms with Gasteiger partial charge in [-0.3, -0.25) is 4.79 Å². The van der Waals surface area contributed by atoms with Gasteiger partial charge in [0.2, 0.25) is 5.82 Å². The number of nitrogens with one attached hydrogen (secondary N) is 2. The van der Waals surface area contributed by atoms with E-state index in [4.69, 9.17) is 0 Å². The molecule has 0 saturated carbocycles. The number of hydrogen-bond acceptors (Lipinski definition) is 4. The topological polar surface area (TPSA) is 87.3 Å². The van der Waals surface area contributed by atoms with Gasteiger partial charge in [0.05, 0.1) is 5.56 Å². The summed E-state index contributed by atoms with van der Waals surface area (Å²) in [5.74, 6) is 0.282. The lowest BCUT2D eigenvalue weighted by Crippen LogP contribution is -2.12. The second-order valence-corrected chi connectivity index (χ2v) is 8.31. The quantitative estimate of drug-likeness (QED) is 0.451. The van der Waals surface area contributed by atoms with E-state index in [1.807, 2.05) is 37.3 Å². The molecule has 0 aliphatic heterocycles. The van der Waals surface area contributed by atoms with E-state index in [1.165, 1.54) is 30.4 Å². The summed E-state index contributed by atoms with van der Waals surface area (Å²) < 4.78 is 0. The molecular weight excluding hydrogens is 398 g/mol. The first-order valence-electron chi connectivity index (χ1n) is 11.1. The normalized spacial score (nSPS) is 14.1. The van der Waals surface area contributed by atoms with E-state index in [9.17, 15) is 4.79 Å². The largest absolute Gasteiger partial charge is 0.321 e. The van der Waals surface area contributed by atoms with Gasteiger partial charge in [-0.05, 0) is 66.2 Å². The molecule has 0 bridgehead atoms. The average Bonchev–Trinajstić information content (AvgIpc) is 3.20. The Morgan fingerprint density at radius 2 is 1.62 bits per heavy atom. The Balaban J connectivity index is 1.58. The molecule has 0 saturated heterocycles. The van der Waals surface area contributed by atoms with Crippen LogP contribution in [0, 0.1) is 6.92 Å². The van der Waals surface area contributed by atoms with Gasteiger partial charge in [0.25, 0.3) is 5.56 Å². The first kappa shape index (κ1) is 20.1. The highest BCUT2D eigenvalue weighted by molar-refractivity contribution is 5.83. The molecule has 1 aliphatic carbocycles. The molecule has 4 aromatic rings. The van der Waals surface area contributed by atoms with Gasteiger partial charge in [-0.25, -0.2) is 0 Å². The number of pyridine rings is 1. The number of aryl methyl sites for hydroxylation is 1. The molecule has 0 atom stereocenters. The molecule has 0 fully saturated rings. The van der Waals surface area contributed by atoms with Crippen LogP contribution in [0.5, 0.6) is 0 Å². The summed E-state index contributed by atoms with van der Waals surface area (Å²) in [4.78, 5) is 16.2. The third kappa shape index (κ3) is 4.04. The van der Waals surface area contributed by atoms with Gasteiger partial charge in [-0.15, -0.1) is 10.2 Å². The molecule has 2 aromatic carbocycles. The molecule has 0 unspecified atom stereocenters. The summed E-state index contributed by atoms with van der Waals surface area (Å²) in [6.07, 6.45) is 8.48. The molecule has 0 amide bonds. The van der Waals surface area contributed by atoms with Crippen LogP contribution in [0.15, 0.2) is 65.5 Å². The summed E-state index contributed by atoms with van der Waals surface area (Å²) in [5.41, 5.74) is 7.46. The monoisotopic (exact) mass is 423 g/mol. The number of hydrogen-bond donors (Lipinski definition) is 2. The summed E-state index contributed by atoms with van der Waals surface area (Å²) in [7, 11) is 0. The van der Waals surface area contributed by atoms with Gasteiger partial charge in [0.15, 0.2) is 0 Å². The molecule has 5 rings (SSSR count). The van der Waals surface area contributed by atoms with Crippen molar-refractivity contribution in [1.82, 2.24) is 25.6 Å². The van der Waals surface area contributed by atoms with Crippen LogP contribution in [-0.4, -0.2) is 25.6 Å². The summed E-state index contributed by atoms with van der Waals surface area (Å²) >= 11 is 0. The molecule has 0 spiro atoms. The van der Waals surface area contributed by atoms with Gasteiger partial charge >= 0.3 is 0 Å². The van der Waals surface area contributed by atoms with Crippen LogP contribution in [-0.2, 0) is 0 Å². The summed E-state index contributed by atoms with van der Waals surface area (Å²) in [6, 6.07) is 18.6. The maximum absolute atomic E-state index is 13.1. The van der Waals surface area contributed by atoms with Crippen LogP contribution in [0.25, 0.3) is 39.3 Å². The van der Waals surface area contributed by atoms with E-state index in [1.54, 1.807) is 0 Å². The molecular formula is C26H25N5O. The predicted octanol–water partition coefficient (Wildman–Crippen LogP) is 5.54. The fourth-order valence-corrected chi connectivity index (χ4v) is 4.31. The predicted molar refractivity (Wildman–Crippen MR) is 127 cm³/mol. The highest BCUT2D eigenvalue weighted by Crippen LogP contribution is 2.32. The Kier molecular flexibility index (Phi) is 5.50. The zero-order chi connectivity index (χ0) is 21.9. The minimum Gasteiger partial charge on any atom is -0.321 e. The molecule has 6 nitrogen and oxygen atoms in total. The maximum Gasteiger partial charge on any atom is 0.260 e. The second-order valence-electron chi connectivity index (χ2n) is 8.31. The van der Waals surface area contributed by atoms with E-state index >= 15 is 0 Å². The van der Waals surface area contributed by atoms with E-state index in [0.717, 1.165) is 40.8 Å². The van der Waals surface area contributed by atoms with Crippen molar-refractivity contribution in [2.75, 3.05) is 0 Å². The zero-order valence-corrected chi connectivity index (χ0v) is 18.1. The second kappa shape index (κ2) is 8.75. The van der Waals surface area contributed by atoms with Crippen molar-refractivity contribution < 1.29 is 0 Å². The van der Waals surface area contributed by atoms with Crippen LogP contribution in [0.1, 0.15) is 43.2 Å². The first-order chi connectivity index (χ1) is 15.7. The smallest absolute Gasteiger partial charge is 0.260 e. The first-order valence-corrected chi connectivity index (χ1v) is 11.1. The number of nitrogens with zero attached hydrogens (tertiary/aromatic N) is 3. The van der Waals surface area contributed by atoms with Gasteiger partial charge in [0.1, 0.15) is 0 Å². The molecule has 0 radical (unpaired) electrons. The van der Waals surface area contributed by atoms with E-state index < -0.39 is 0 Å². The van der Waals surface area contributed by atoms with Crippen molar-refractivity contribution in [3.8, 4) is 33.8 Å². The molecule has 160 valence electrons. The van der Waals surface area contributed by atoms with Crippen molar-refractivity contribution in [3.63, 3.8) is 0 Å². The van der Waals surface area contributed by atoms with Crippen molar-refractivity contribution in [2.24, 2.45) is 0 Å². The van der Waals surface area contributed by atoms with Crippen LogP contribution >= 0.6 is 0 Å². The fourth-order valence-electron chi connectivity index (χ4n) is 4.31. The Bertz CT molecular complexity index is 1300. The van der Waals surface area contributed by atoms with Crippen LogP contribution < -0.4 is 5.56 Å². The number of aromatic amines is 2. The molecule has 2 heterocycles. The lowest BCUT2D eigenvalue weighted by molar-refractivity contribution is 0.720. The zero-order valence-electron chi connectivity index (χ0n) is 18.1. The van der Waals surface area contributed by atoms with Crippen LogP contribution in [0.3, 0.4) is 0 Å². The number of allylic oxidation sites excluding steroid dienone is 2. The van der Waals surface area contributed by atoms with E-state index in [2.05, 4.69) is 55.9 Å². The molecule has 2 aromatic heterocycles. The van der Waals surface area contributed by atoms with Crippen LogP contribution in [0.2, 0.25) is 0 Å². The molecule has 32 heavy (non-hydrogen) atoms. The minimum absolute atomic E-state index is 0.241. The molecule has 2 N–H and O–H groups in total. The summed E-state index contributed by atoms with van der Waals surface area (Å²) in [5, 5.41) is 14.2. The highest BCUT2D eigenvalue weighted by Gasteiger charge is 2.18. The number of benzene rings is 2. The summed E-state index contributed by atoms with van der Waals surface area (Å²) in [6.45, 7) is 2.04. The van der Waals surface area contributed by atoms with E-state index in [-0.39, 0.29) is 11.4 Å². The maximum atomic E-state index is 13.1.